The van der Waals surface area contributed by atoms with E-state index in [9.17, 15) is 0 Å². The van der Waals surface area contributed by atoms with E-state index >= 15 is 0 Å². The first-order valence-electron chi connectivity index (χ1n) is 9.44. The Labute approximate surface area is 150 Å². The molecule has 0 bridgehead atoms. The standard InChI is InChI=1S/C21H28N2O2/c1-24-20-5-4-17-12-19(3-2-18(17)13-20)21-15-23(10-11-25-21)14-16-6-8-22-9-7-16/h2-5,12-13,16,21-22H,6-11,14-15H2,1H3. The van der Waals surface area contributed by atoms with Gasteiger partial charge in [0.15, 0.2) is 0 Å². The number of morpholine rings is 1. The molecule has 1 unspecified atom stereocenters. The molecule has 2 aromatic rings. The van der Waals surface area contributed by atoms with Crippen molar-refractivity contribution in [3.8, 4) is 5.75 Å². The first-order chi connectivity index (χ1) is 12.3. The zero-order valence-corrected chi connectivity index (χ0v) is 15.0. The Balaban J connectivity index is 1.45. The highest BCUT2D eigenvalue weighted by Gasteiger charge is 2.25. The average Bonchev–Trinajstić information content (AvgIpc) is 2.68. The van der Waals surface area contributed by atoms with Crippen LogP contribution in [0.4, 0.5) is 0 Å². The van der Waals surface area contributed by atoms with Gasteiger partial charge in [-0.05, 0) is 66.4 Å². The van der Waals surface area contributed by atoms with E-state index < -0.39 is 0 Å². The minimum atomic E-state index is 0.182. The lowest BCUT2D eigenvalue weighted by molar-refractivity contribution is -0.0356. The van der Waals surface area contributed by atoms with Gasteiger partial charge in [-0.15, -0.1) is 0 Å². The number of fused-ring (bicyclic) bond motifs is 1. The molecule has 134 valence electrons. The predicted octanol–water partition coefficient (Wildman–Crippen LogP) is 3.22. The first kappa shape index (κ1) is 16.8. The van der Waals surface area contributed by atoms with Gasteiger partial charge in [0.2, 0.25) is 0 Å². The third kappa shape index (κ3) is 3.97. The Morgan fingerprint density at radius 3 is 2.76 bits per heavy atom. The minimum absolute atomic E-state index is 0.182. The van der Waals surface area contributed by atoms with Crippen molar-refractivity contribution in [2.45, 2.75) is 18.9 Å². The Kier molecular flexibility index (Phi) is 5.20. The maximum absolute atomic E-state index is 6.10. The van der Waals surface area contributed by atoms with E-state index in [1.165, 1.54) is 48.8 Å². The third-order valence-electron chi connectivity index (χ3n) is 5.57. The van der Waals surface area contributed by atoms with E-state index in [1.54, 1.807) is 7.11 Å². The summed E-state index contributed by atoms with van der Waals surface area (Å²) in [7, 11) is 1.71. The molecule has 2 aromatic carbocycles. The molecule has 0 amide bonds. The summed E-state index contributed by atoms with van der Waals surface area (Å²) in [5, 5.41) is 5.92. The Bertz CT molecular complexity index is 712. The molecule has 25 heavy (non-hydrogen) atoms. The molecular weight excluding hydrogens is 312 g/mol. The van der Waals surface area contributed by atoms with Crippen molar-refractivity contribution in [3.63, 3.8) is 0 Å². The van der Waals surface area contributed by atoms with Crippen LogP contribution in [0.2, 0.25) is 0 Å². The first-order valence-corrected chi connectivity index (χ1v) is 9.44. The van der Waals surface area contributed by atoms with Gasteiger partial charge in [-0.2, -0.15) is 0 Å². The number of piperidine rings is 1. The number of methoxy groups -OCH3 is 1. The Morgan fingerprint density at radius 2 is 1.92 bits per heavy atom. The fourth-order valence-electron chi connectivity index (χ4n) is 4.07. The van der Waals surface area contributed by atoms with Crippen LogP contribution < -0.4 is 10.1 Å². The van der Waals surface area contributed by atoms with Crippen molar-refractivity contribution in [1.82, 2.24) is 10.2 Å². The fourth-order valence-corrected chi connectivity index (χ4v) is 4.07. The van der Waals surface area contributed by atoms with E-state index in [2.05, 4.69) is 40.5 Å². The molecular formula is C21H28N2O2. The summed E-state index contributed by atoms with van der Waals surface area (Å²) in [4.78, 5) is 2.60. The van der Waals surface area contributed by atoms with Crippen LogP contribution in [0.15, 0.2) is 36.4 Å². The second-order valence-corrected chi connectivity index (χ2v) is 7.28. The lowest BCUT2D eigenvalue weighted by Crippen LogP contribution is -2.43. The van der Waals surface area contributed by atoms with E-state index in [1.807, 2.05) is 6.07 Å². The molecule has 0 radical (unpaired) electrons. The number of ether oxygens (including phenoxy) is 2. The summed E-state index contributed by atoms with van der Waals surface area (Å²) in [5.41, 5.74) is 1.28. The second kappa shape index (κ2) is 7.73. The molecule has 0 aliphatic carbocycles. The Hall–Kier alpha value is -1.62. The summed E-state index contributed by atoms with van der Waals surface area (Å²) >= 11 is 0. The molecule has 4 heteroatoms. The number of nitrogens with one attached hydrogen (secondary N) is 1. The van der Waals surface area contributed by atoms with Crippen LogP contribution in [0.5, 0.6) is 5.75 Å². The molecule has 2 heterocycles. The highest BCUT2D eigenvalue weighted by atomic mass is 16.5. The van der Waals surface area contributed by atoms with Crippen LogP contribution in [0, 0.1) is 5.92 Å². The zero-order chi connectivity index (χ0) is 17.1. The minimum Gasteiger partial charge on any atom is -0.497 e. The molecule has 0 saturated carbocycles. The Morgan fingerprint density at radius 1 is 1.12 bits per heavy atom. The summed E-state index contributed by atoms with van der Waals surface area (Å²) in [6.07, 6.45) is 2.79. The fraction of sp³-hybridized carbons (Fsp3) is 0.524. The highest BCUT2D eigenvalue weighted by molar-refractivity contribution is 5.84. The molecule has 2 aliphatic heterocycles. The third-order valence-corrected chi connectivity index (χ3v) is 5.57. The normalized spacial score (nSPS) is 23.0. The van der Waals surface area contributed by atoms with E-state index in [4.69, 9.17) is 9.47 Å². The van der Waals surface area contributed by atoms with Crippen LogP contribution in [-0.4, -0.2) is 51.3 Å². The quantitative estimate of drug-likeness (QED) is 0.927. The van der Waals surface area contributed by atoms with Gasteiger partial charge >= 0.3 is 0 Å². The number of rotatable bonds is 4. The van der Waals surface area contributed by atoms with E-state index in [0.29, 0.717) is 0 Å². The van der Waals surface area contributed by atoms with Crippen molar-refractivity contribution >= 4 is 10.8 Å². The molecule has 0 spiro atoms. The lowest BCUT2D eigenvalue weighted by Gasteiger charge is -2.36. The van der Waals surface area contributed by atoms with Crippen molar-refractivity contribution in [2.75, 3.05) is 46.4 Å². The van der Waals surface area contributed by atoms with Crippen LogP contribution in [0.1, 0.15) is 24.5 Å². The van der Waals surface area contributed by atoms with Crippen LogP contribution in [0.25, 0.3) is 10.8 Å². The summed E-state index contributed by atoms with van der Waals surface area (Å²) < 4.78 is 11.4. The van der Waals surface area contributed by atoms with Gasteiger partial charge in [-0.1, -0.05) is 18.2 Å². The van der Waals surface area contributed by atoms with Gasteiger partial charge in [0.25, 0.3) is 0 Å². The van der Waals surface area contributed by atoms with Crippen LogP contribution >= 0.6 is 0 Å². The number of nitrogens with zero attached hydrogens (tertiary/aromatic N) is 1. The summed E-state index contributed by atoms with van der Waals surface area (Å²) in [6.45, 7) is 6.46. The van der Waals surface area contributed by atoms with Crippen molar-refractivity contribution in [3.05, 3.63) is 42.0 Å². The molecule has 2 saturated heterocycles. The number of hydrogen-bond acceptors (Lipinski definition) is 4. The van der Waals surface area contributed by atoms with Gasteiger partial charge in [-0.3, -0.25) is 4.90 Å². The second-order valence-electron chi connectivity index (χ2n) is 7.28. The molecule has 2 fully saturated rings. The molecule has 0 aromatic heterocycles. The van der Waals surface area contributed by atoms with Gasteiger partial charge in [-0.25, -0.2) is 0 Å². The van der Waals surface area contributed by atoms with Crippen LogP contribution in [0.3, 0.4) is 0 Å². The smallest absolute Gasteiger partial charge is 0.119 e. The predicted molar refractivity (Wildman–Crippen MR) is 101 cm³/mol. The van der Waals surface area contributed by atoms with Crippen LogP contribution in [-0.2, 0) is 4.74 Å². The lowest BCUT2D eigenvalue weighted by atomic mass is 9.96. The largest absolute Gasteiger partial charge is 0.497 e. The van der Waals surface area contributed by atoms with Crippen molar-refractivity contribution < 1.29 is 9.47 Å². The topological polar surface area (TPSA) is 33.7 Å². The summed E-state index contributed by atoms with van der Waals surface area (Å²) in [5.74, 6) is 1.74. The molecule has 1 N–H and O–H groups in total. The van der Waals surface area contributed by atoms with Crippen molar-refractivity contribution in [1.29, 1.82) is 0 Å². The van der Waals surface area contributed by atoms with Gasteiger partial charge in [0.05, 0.1) is 19.8 Å². The average molecular weight is 340 g/mol. The number of hydrogen-bond donors (Lipinski definition) is 1. The maximum atomic E-state index is 6.10. The zero-order valence-electron chi connectivity index (χ0n) is 15.0. The monoisotopic (exact) mass is 340 g/mol. The van der Waals surface area contributed by atoms with Gasteiger partial charge in [0, 0.05) is 19.6 Å². The molecule has 2 aliphatic rings. The highest BCUT2D eigenvalue weighted by Crippen LogP contribution is 2.28. The van der Waals surface area contributed by atoms with Gasteiger partial charge < -0.3 is 14.8 Å². The van der Waals surface area contributed by atoms with E-state index in [-0.39, 0.29) is 6.10 Å². The van der Waals surface area contributed by atoms with E-state index in [0.717, 1.165) is 31.4 Å². The van der Waals surface area contributed by atoms with Gasteiger partial charge in [0.1, 0.15) is 5.75 Å². The summed E-state index contributed by atoms with van der Waals surface area (Å²) in [6, 6.07) is 12.9. The molecule has 1 atom stereocenters. The molecule has 4 rings (SSSR count). The molecule has 4 nitrogen and oxygen atoms in total. The number of benzene rings is 2. The maximum Gasteiger partial charge on any atom is 0.119 e. The van der Waals surface area contributed by atoms with Crippen molar-refractivity contribution in [2.24, 2.45) is 5.92 Å². The SMILES string of the molecule is COc1ccc2cc(C3CN(CC4CCNCC4)CCO3)ccc2c1.